The first-order valence-electron chi connectivity index (χ1n) is 7.21. The fraction of sp³-hybridized carbons (Fsp3) is 0.333. The largest absolute Gasteiger partial charge is 0.497 e. The maximum atomic E-state index is 11.0. The molecule has 0 bridgehead atoms. The summed E-state index contributed by atoms with van der Waals surface area (Å²) in [5.41, 5.74) is 3.10. The van der Waals surface area contributed by atoms with Crippen LogP contribution in [0.1, 0.15) is 23.1 Å². The lowest BCUT2D eigenvalue weighted by Crippen LogP contribution is -2.38. The molecule has 2 aromatic rings. The molecule has 3 rings (SSSR count). The van der Waals surface area contributed by atoms with Crippen LogP contribution < -0.4 is 4.74 Å². The number of halogens is 1. The van der Waals surface area contributed by atoms with E-state index >= 15 is 0 Å². The van der Waals surface area contributed by atoms with Crippen LogP contribution in [0.5, 0.6) is 5.75 Å². The third-order valence-corrected chi connectivity index (χ3v) is 4.96. The van der Waals surface area contributed by atoms with Crippen molar-refractivity contribution in [1.82, 2.24) is 0 Å². The van der Waals surface area contributed by atoms with Crippen molar-refractivity contribution in [1.29, 1.82) is 0 Å². The first-order chi connectivity index (χ1) is 10.1. The molecule has 0 aliphatic heterocycles. The van der Waals surface area contributed by atoms with Gasteiger partial charge in [-0.2, -0.15) is 0 Å². The Morgan fingerprint density at radius 2 is 1.90 bits per heavy atom. The molecule has 0 fully saturated rings. The Bertz CT molecular complexity index is 636. The normalized spacial score (nSPS) is 20.9. The molecule has 0 aromatic heterocycles. The monoisotopic (exact) mass is 394 g/mol. The molecule has 0 saturated carbocycles. The minimum absolute atomic E-state index is 0.647. The van der Waals surface area contributed by atoms with Crippen molar-refractivity contribution in [3.8, 4) is 5.75 Å². The fourth-order valence-electron chi connectivity index (χ4n) is 3.08. The second-order valence-corrected chi connectivity index (χ2v) is 7.08. The van der Waals surface area contributed by atoms with E-state index < -0.39 is 5.60 Å². The Balaban J connectivity index is 1.81. The third-order valence-electron chi connectivity index (χ3n) is 4.24. The molecule has 110 valence electrons. The second-order valence-electron chi connectivity index (χ2n) is 5.84. The SMILES string of the molecule is COc1ccc2c(c1)CC(O)(Cc1ccc(I)cc1)CC2. The van der Waals surface area contributed by atoms with Gasteiger partial charge in [-0.05, 0) is 76.4 Å². The predicted octanol–water partition coefficient (Wildman–Crippen LogP) is 3.76. The summed E-state index contributed by atoms with van der Waals surface area (Å²) in [6.07, 6.45) is 3.16. The minimum Gasteiger partial charge on any atom is -0.497 e. The van der Waals surface area contributed by atoms with Crippen molar-refractivity contribution in [2.24, 2.45) is 0 Å². The smallest absolute Gasteiger partial charge is 0.119 e. The third kappa shape index (κ3) is 3.40. The summed E-state index contributed by atoms with van der Waals surface area (Å²) in [5.74, 6) is 0.868. The molecule has 1 unspecified atom stereocenters. The number of aliphatic hydroxyl groups is 1. The Morgan fingerprint density at radius 3 is 2.62 bits per heavy atom. The first kappa shape index (κ1) is 14.9. The van der Waals surface area contributed by atoms with E-state index in [1.165, 1.54) is 20.3 Å². The van der Waals surface area contributed by atoms with Crippen LogP contribution in [-0.2, 0) is 19.3 Å². The Hall–Kier alpha value is -1.07. The summed E-state index contributed by atoms with van der Waals surface area (Å²) in [6.45, 7) is 0. The fourth-order valence-corrected chi connectivity index (χ4v) is 3.44. The van der Waals surface area contributed by atoms with Gasteiger partial charge in [-0.15, -0.1) is 0 Å². The zero-order valence-electron chi connectivity index (χ0n) is 12.1. The van der Waals surface area contributed by atoms with E-state index in [4.69, 9.17) is 4.74 Å². The number of ether oxygens (including phenoxy) is 1. The highest BCUT2D eigenvalue weighted by atomic mass is 127. The summed E-state index contributed by atoms with van der Waals surface area (Å²) in [7, 11) is 1.68. The van der Waals surface area contributed by atoms with E-state index in [-0.39, 0.29) is 0 Å². The van der Waals surface area contributed by atoms with E-state index in [2.05, 4.69) is 59.0 Å². The van der Waals surface area contributed by atoms with Crippen molar-refractivity contribution < 1.29 is 9.84 Å². The van der Waals surface area contributed by atoms with Gasteiger partial charge in [-0.1, -0.05) is 18.2 Å². The van der Waals surface area contributed by atoms with Gasteiger partial charge < -0.3 is 9.84 Å². The highest BCUT2D eigenvalue weighted by Crippen LogP contribution is 2.33. The van der Waals surface area contributed by atoms with Crippen LogP contribution in [0.4, 0.5) is 0 Å². The lowest BCUT2D eigenvalue weighted by atomic mass is 9.77. The van der Waals surface area contributed by atoms with Crippen LogP contribution in [-0.4, -0.2) is 17.8 Å². The average molecular weight is 394 g/mol. The van der Waals surface area contributed by atoms with Crippen LogP contribution in [0.2, 0.25) is 0 Å². The van der Waals surface area contributed by atoms with E-state index in [0.29, 0.717) is 12.8 Å². The number of aryl methyl sites for hydroxylation is 1. The van der Waals surface area contributed by atoms with Crippen LogP contribution in [0.3, 0.4) is 0 Å². The van der Waals surface area contributed by atoms with Crippen LogP contribution in [0, 0.1) is 3.57 Å². The number of hydrogen-bond acceptors (Lipinski definition) is 2. The lowest BCUT2D eigenvalue weighted by molar-refractivity contribution is 0.0267. The molecule has 1 aliphatic rings. The molecule has 0 amide bonds. The number of hydrogen-bond donors (Lipinski definition) is 1. The molecule has 2 nitrogen and oxygen atoms in total. The van der Waals surface area contributed by atoms with Gasteiger partial charge in [0.25, 0.3) is 0 Å². The van der Waals surface area contributed by atoms with Crippen LogP contribution in [0.15, 0.2) is 42.5 Å². The molecule has 1 N–H and O–H groups in total. The topological polar surface area (TPSA) is 29.5 Å². The van der Waals surface area contributed by atoms with Crippen molar-refractivity contribution in [2.45, 2.75) is 31.3 Å². The highest BCUT2D eigenvalue weighted by Gasteiger charge is 2.32. The van der Waals surface area contributed by atoms with E-state index in [0.717, 1.165) is 18.6 Å². The van der Waals surface area contributed by atoms with Gasteiger partial charge >= 0.3 is 0 Å². The van der Waals surface area contributed by atoms with Gasteiger partial charge in [-0.3, -0.25) is 0 Å². The number of methoxy groups -OCH3 is 1. The Kier molecular flexibility index (Phi) is 4.22. The number of rotatable bonds is 3. The predicted molar refractivity (Wildman–Crippen MR) is 92.8 cm³/mol. The maximum Gasteiger partial charge on any atom is 0.119 e. The molecular formula is C18H19IO2. The molecule has 1 atom stereocenters. The summed E-state index contributed by atoms with van der Waals surface area (Å²) in [4.78, 5) is 0. The van der Waals surface area contributed by atoms with E-state index in [1.54, 1.807) is 7.11 Å². The maximum absolute atomic E-state index is 11.0. The van der Waals surface area contributed by atoms with Gasteiger partial charge in [-0.25, -0.2) is 0 Å². The number of fused-ring (bicyclic) bond motifs is 1. The summed E-state index contributed by atoms with van der Waals surface area (Å²) in [5, 5.41) is 11.0. The zero-order valence-corrected chi connectivity index (χ0v) is 14.3. The molecule has 21 heavy (non-hydrogen) atoms. The lowest BCUT2D eigenvalue weighted by Gasteiger charge is -2.34. The quantitative estimate of drug-likeness (QED) is 0.804. The first-order valence-corrected chi connectivity index (χ1v) is 8.28. The summed E-state index contributed by atoms with van der Waals surface area (Å²) in [6, 6.07) is 14.6. The zero-order chi connectivity index (χ0) is 14.9. The summed E-state index contributed by atoms with van der Waals surface area (Å²) >= 11 is 2.30. The van der Waals surface area contributed by atoms with Gasteiger partial charge in [0.05, 0.1) is 12.7 Å². The van der Waals surface area contributed by atoms with Crippen molar-refractivity contribution >= 4 is 22.6 Å². The van der Waals surface area contributed by atoms with E-state index in [1.807, 2.05) is 6.07 Å². The molecular weight excluding hydrogens is 375 g/mol. The van der Waals surface area contributed by atoms with Crippen molar-refractivity contribution in [3.63, 3.8) is 0 Å². The van der Waals surface area contributed by atoms with Gasteiger partial charge in [0.2, 0.25) is 0 Å². The molecule has 0 saturated heterocycles. The van der Waals surface area contributed by atoms with Gasteiger partial charge in [0.1, 0.15) is 5.75 Å². The molecule has 2 aromatic carbocycles. The highest BCUT2D eigenvalue weighted by molar-refractivity contribution is 14.1. The van der Waals surface area contributed by atoms with E-state index in [9.17, 15) is 5.11 Å². The van der Waals surface area contributed by atoms with Crippen molar-refractivity contribution in [2.75, 3.05) is 7.11 Å². The molecule has 1 aliphatic carbocycles. The van der Waals surface area contributed by atoms with Crippen LogP contribution in [0.25, 0.3) is 0 Å². The Labute approximate surface area is 139 Å². The second kappa shape index (κ2) is 5.97. The van der Waals surface area contributed by atoms with Gasteiger partial charge in [0.15, 0.2) is 0 Å². The molecule has 0 heterocycles. The van der Waals surface area contributed by atoms with Crippen molar-refractivity contribution in [3.05, 3.63) is 62.7 Å². The average Bonchev–Trinajstić information content (AvgIpc) is 2.48. The Morgan fingerprint density at radius 1 is 1.14 bits per heavy atom. The molecule has 0 spiro atoms. The standard InChI is InChI=1S/C18H19IO2/c1-21-17-7-4-14-8-9-18(20,12-15(14)10-17)11-13-2-5-16(19)6-3-13/h2-7,10,20H,8-9,11-12H2,1H3. The van der Waals surface area contributed by atoms with Gasteiger partial charge in [0, 0.05) is 16.4 Å². The molecule has 3 heteroatoms. The number of benzene rings is 2. The molecule has 0 radical (unpaired) electrons. The minimum atomic E-state index is -0.647. The van der Waals surface area contributed by atoms with Crippen LogP contribution >= 0.6 is 22.6 Å². The summed E-state index contributed by atoms with van der Waals surface area (Å²) < 4.78 is 6.52.